The van der Waals surface area contributed by atoms with Gasteiger partial charge in [0.2, 0.25) is 5.91 Å². The molecule has 0 bridgehead atoms. The number of ether oxygens (including phenoxy) is 2. The Morgan fingerprint density at radius 3 is 1.84 bits per heavy atom. The van der Waals surface area contributed by atoms with Gasteiger partial charge in [-0.2, -0.15) is 5.10 Å². The van der Waals surface area contributed by atoms with Crippen molar-refractivity contribution in [3.63, 3.8) is 0 Å². The van der Waals surface area contributed by atoms with Crippen molar-refractivity contribution in [2.75, 3.05) is 4.72 Å². The molecule has 0 unspecified atom stereocenters. The molecule has 13 heteroatoms. The van der Waals surface area contributed by atoms with Crippen LogP contribution in [0.1, 0.15) is 73.0 Å². The van der Waals surface area contributed by atoms with E-state index in [1.54, 1.807) is 0 Å². The molecule has 2 amide bonds. The summed E-state index contributed by atoms with van der Waals surface area (Å²) in [5, 5.41) is 11.0. The summed E-state index contributed by atoms with van der Waals surface area (Å²) in [4.78, 5) is 27.4. The molecule has 270 valence electrons. The third kappa shape index (κ3) is 10.2. The molecule has 2 aliphatic rings. The number of aromatic nitrogens is 2. The molecular formula is C38H44ClN5O6S. The van der Waals surface area contributed by atoms with Crippen molar-refractivity contribution in [2.24, 2.45) is 0 Å². The summed E-state index contributed by atoms with van der Waals surface area (Å²) in [7, 11) is -4.07. The SMILES string of the molecule is O=C(Cn1nc(NS(=O)(=O)c2ccc(Cl)cc2)cc1C(=O)N[C@H]1CCCC[C@@H]1OCc1ccccc1)N[C@H]1CCCC[C@@H]1OCc1ccccc1. The largest absolute Gasteiger partial charge is 0.371 e. The number of carbonyl (C=O) groups is 2. The van der Waals surface area contributed by atoms with Crippen molar-refractivity contribution in [2.45, 2.75) is 100 Å². The van der Waals surface area contributed by atoms with Crippen molar-refractivity contribution in [1.82, 2.24) is 20.4 Å². The molecule has 6 rings (SSSR count). The van der Waals surface area contributed by atoms with Gasteiger partial charge in [0.1, 0.15) is 12.2 Å². The molecule has 11 nitrogen and oxygen atoms in total. The molecule has 3 N–H and O–H groups in total. The van der Waals surface area contributed by atoms with E-state index in [1.807, 2.05) is 60.7 Å². The Morgan fingerprint density at radius 1 is 0.745 bits per heavy atom. The third-order valence-corrected chi connectivity index (χ3v) is 11.0. The summed E-state index contributed by atoms with van der Waals surface area (Å²) in [6.45, 7) is 0.561. The predicted octanol–water partition coefficient (Wildman–Crippen LogP) is 6.24. The molecule has 2 aliphatic carbocycles. The van der Waals surface area contributed by atoms with Crippen LogP contribution in [0, 0.1) is 0 Å². The number of rotatable bonds is 14. The van der Waals surface area contributed by atoms with E-state index in [1.165, 1.54) is 35.0 Å². The minimum absolute atomic E-state index is 0.0235. The van der Waals surface area contributed by atoms with Crippen molar-refractivity contribution < 1.29 is 27.5 Å². The standard InChI is InChI=1S/C38H44ClN5O6S/c39-29-19-21-30(22-20-29)51(47,48)43-36-23-33(38(46)41-32-16-8-10-18-35(32)50-26-28-13-5-2-6-14-28)44(42-36)24-37(45)40-31-15-7-9-17-34(31)49-25-27-11-3-1-4-12-27/h1-6,11-14,19-23,31-32,34-35H,7-10,15-18,24-26H2,(H,40,45)(H,41,46)(H,42,43)/t31-,32-,34-,35-/m0/s1. The molecule has 0 saturated heterocycles. The van der Waals surface area contributed by atoms with Gasteiger partial charge in [-0.1, -0.05) is 97.9 Å². The number of benzene rings is 3. The average Bonchev–Trinajstić information content (AvgIpc) is 3.52. The molecule has 51 heavy (non-hydrogen) atoms. The van der Waals surface area contributed by atoms with Crippen LogP contribution in [-0.4, -0.2) is 54.3 Å². The number of halogens is 1. The lowest BCUT2D eigenvalue weighted by Crippen LogP contribution is -2.48. The zero-order valence-electron chi connectivity index (χ0n) is 28.4. The van der Waals surface area contributed by atoms with Gasteiger partial charge in [0, 0.05) is 11.1 Å². The Kier molecular flexibility index (Phi) is 12.4. The molecule has 2 saturated carbocycles. The lowest BCUT2D eigenvalue weighted by atomic mass is 9.92. The second-order valence-electron chi connectivity index (χ2n) is 13.1. The van der Waals surface area contributed by atoms with Gasteiger partial charge in [-0.15, -0.1) is 0 Å². The van der Waals surface area contributed by atoms with E-state index >= 15 is 0 Å². The van der Waals surface area contributed by atoms with Gasteiger partial charge in [-0.25, -0.2) is 13.1 Å². The maximum Gasteiger partial charge on any atom is 0.269 e. The molecule has 0 spiro atoms. The molecule has 1 aromatic heterocycles. The highest BCUT2D eigenvalue weighted by Crippen LogP contribution is 2.25. The summed E-state index contributed by atoms with van der Waals surface area (Å²) in [5.74, 6) is -0.930. The molecule has 1 heterocycles. The first-order valence-electron chi connectivity index (χ1n) is 17.5. The quantitative estimate of drug-likeness (QED) is 0.139. The van der Waals surface area contributed by atoms with Crippen LogP contribution in [-0.2, 0) is 44.1 Å². The minimum atomic E-state index is -4.07. The maximum absolute atomic E-state index is 13.9. The first-order chi connectivity index (χ1) is 24.7. The summed E-state index contributed by atoms with van der Waals surface area (Å²) in [6, 6.07) is 26.3. The average molecular weight is 734 g/mol. The molecule has 3 aromatic carbocycles. The lowest BCUT2D eigenvalue weighted by molar-refractivity contribution is -0.124. The van der Waals surface area contributed by atoms with Crippen LogP contribution >= 0.6 is 11.6 Å². The summed E-state index contributed by atoms with van der Waals surface area (Å²) in [6.07, 6.45) is 6.60. The Bertz CT molecular complexity index is 1860. The van der Waals surface area contributed by atoms with Crippen LogP contribution in [0.2, 0.25) is 5.02 Å². The highest BCUT2D eigenvalue weighted by atomic mass is 35.5. The Balaban J connectivity index is 1.18. The summed E-state index contributed by atoms with van der Waals surface area (Å²) >= 11 is 5.96. The maximum atomic E-state index is 13.9. The Labute approximate surface area is 304 Å². The zero-order chi connectivity index (χ0) is 35.6. The van der Waals surface area contributed by atoms with Gasteiger partial charge >= 0.3 is 0 Å². The van der Waals surface area contributed by atoms with E-state index in [9.17, 15) is 18.0 Å². The molecular weight excluding hydrogens is 690 g/mol. The van der Waals surface area contributed by atoms with Gasteiger partial charge in [0.25, 0.3) is 15.9 Å². The lowest BCUT2D eigenvalue weighted by Gasteiger charge is -2.32. The Hall–Kier alpha value is -4.23. The second kappa shape index (κ2) is 17.3. The summed E-state index contributed by atoms with van der Waals surface area (Å²) < 4.78 is 42.7. The number of amides is 2. The zero-order valence-corrected chi connectivity index (χ0v) is 30.0. The number of nitrogens with one attached hydrogen (secondary N) is 3. The smallest absolute Gasteiger partial charge is 0.269 e. The number of carbonyl (C=O) groups excluding carboxylic acids is 2. The van der Waals surface area contributed by atoms with E-state index in [4.69, 9.17) is 21.1 Å². The van der Waals surface area contributed by atoms with E-state index in [0.717, 1.165) is 62.5 Å². The fourth-order valence-corrected chi connectivity index (χ4v) is 7.80. The number of hydrogen-bond donors (Lipinski definition) is 3. The fraction of sp³-hybridized carbons (Fsp3) is 0.395. The van der Waals surface area contributed by atoms with Crippen molar-refractivity contribution >= 4 is 39.3 Å². The van der Waals surface area contributed by atoms with E-state index < -0.39 is 15.9 Å². The third-order valence-electron chi connectivity index (χ3n) is 9.35. The first-order valence-corrected chi connectivity index (χ1v) is 19.4. The number of hydrogen-bond acceptors (Lipinski definition) is 7. The predicted molar refractivity (Wildman–Crippen MR) is 195 cm³/mol. The topological polar surface area (TPSA) is 141 Å². The van der Waals surface area contributed by atoms with Crippen LogP contribution in [0.15, 0.2) is 95.9 Å². The molecule has 2 fully saturated rings. The van der Waals surface area contributed by atoms with E-state index in [2.05, 4.69) is 20.5 Å². The monoisotopic (exact) mass is 733 g/mol. The molecule has 4 aromatic rings. The van der Waals surface area contributed by atoms with Gasteiger partial charge in [-0.05, 0) is 61.1 Å². The second-order valence-corrected chi connectivity index (χ2v) is 15.2. The normalized spacial score (nSPS) is 20.7. The van der Waals surface area contributed by atoms with Crippen LogP contribution in [0.4, 0.5) is 5.82 Å². The minimum Gasteiger partial charge on any atom is -0.371 e. The molecule has 0 radical (unpaired) electrons. The summed E-state index contributed by atoms with van der Waals surface area (Å²) in [5.41, 5.74) is 2.15. The Morgan fingerprint density at radius 2 is 1.27 bits per heavy atom. The fourth-order valence-electron chi connectivity index (χ4n) is 6.69. The van der Waals surface area contributed by atoms with Crippen LogP contribution in [0.3, 0.4) is 0 Å². The molecule has 0 aliphatic heterocycles. The van der Waals surface area contributed by atoms with Crippen LogP contribution < -0.4 is 15.4 Å². The van der Waals surface area contributed by atoms with Crippen LogP contribution in [0.25, 0.3) is 0 Å². The number of nitrogens with zero attached hydrogens (tertiary/aromatic N) is 2. The van der Waals surface area contributed by atoms with Gasteiger partial charge in [-0.3, -0.25) is 14.3 Å². The van der Waals surface area contributed by atoms with Crippen LogP contribution in [0.5, 0.6) is 0 Å². The number of sulfonamides is 1. The van der Waals surface area contributed by atoms with Crippen molar-refractivity contribution in [1.29, 1.82) is 0 Å². The van der Waals surface area contributed by atoms with E-state index in [0.29, 0.717) is 18.2 Å². The van der Waals surface area contributed by atoms with Gasteiger partial charge in [0.15, 0.2) is 5.82 Å². The van der Waals surface area contributed by atoms with Gasteiger partial charge in [0.05, 0.1) is 42.4 Å². The van der Waals surface area contributed by atoms with Gasteiger partial charge < -0.3 is 20.1 Å². The molecule has 4 atom stereocenters. The first kappa shape index (κ1) is 36.6. The highest BCUT2D eigenvalue weighted by Gasteiger charge is 2.31. The van der Waals surface area contributed by atoms with Crippen molar-refractivity contribution in [3.05, 3.63) is 113 Å². The number of anilines is 1. The van der Waals surface area contributed by atoms with E-state index in [-0.39, 0.29) is 53.2 Å². The van der Waals surface area contributed by atoms with Crippen molar-refractivity contribution in [3.8, 4) is 0 Å². The highest BCUT2D eigenvalue weighted by molar-refractivity contribution is 7.92.